The van der Waals surface area contributed by atoms with Gasteiger partial charge >= 0.3 is 5.97 Å². The number of ketones is 1. The predicted octanol–water partition coefficient (Wildman–Crippen LogP) is 1.45. The first kappa shape index (κ1) is 11.9. The lowest BCUT2D eigenvalue weighted by Crippen LogP contribution is -2.07. The molecule has 0 fully saturated rings. The van der Waals surface area contributed by atoms with Crippen molar-refractivity contribution in [3.05, 3.63) is 34.9 Å². The van der Waals surface area contributed by atoms with Crippen molar-refractivity contribution in [2.75, 3.05) is 5.33 Å². The highest BCUT2D eigenvalue weighted by atomic mass is 79.9. The molecule has 1 aromatic rings. The Bertz CT molecular complexity index is 400. The smallest absolute Gasteiger partial charge is 0.336 e. The minimum atomic E-state index is -1.15. The Kier molecular flexibility index (Phi) is 3.99. The second kappa shape index (κ2) is 5.04. The SMILES string of the molecule is O=C(CBr)c1ccc(CO)c(C(=O)O)c1. The van der Waals surface area contributed by atoms with Gasteiger partial charge in [-0.1, -0.05) is 28.1 Å². The largest absolute Gasteiger partial charge is 0.478 e. The Morgan fingerprint density at radius 1 is 1.33 bits per heavy atom. The van der Waals surface area contributed by atoms with Gasteiger partial charge in [-0.15, -0.1) is 0 Å². The molecule has 0 heterocycles. The van der Waals surface area contributed by atoms with Gasteiger partial charge in [0.2, 0.25) is 0 Å². The van der Waals surface area contributed by atoms with Crippen LogP contribution < -0.4 is 0 Å². The van der Waals surface area contributed by atoms with Crippen LogP contribution in [0.3, 0.4) is 0 Å². The maximum atomic E-state index is 11.3. The number of carbonyl (C=O) groups is 2. The summed E-state index contributed by atoms with van der Waals surface area (Å²) in [6.07, 6.45) is 0. The number of carboxylic acid groups (broad SMARTS) is 1. The van der Waals surface area contributed by atoms with Crippen LogP contribution >= 0.6 is 15.9 Å². The van der Waals surface area contributed by atoms with E-state index in [4.69, 9.17) is 10.2 Å². The number of carbonyl (C=O) groups excluding carboxylic acids is 1. The van der Waals surface area contributed by atoms with Gasteiger partial charge < -0.3 is 10.2 Å². The van der Waals surface area contributed by atoms with Crippen molar-refractivity contribution in [1.82, 2.24) is 0 Å². The fourth-order valence-electron chi connectivity index (χ4n) is 1.16. The molecule has 0 atom stereocenters. The number of aliphatic hydroxyl groups is 1. The van der Waals surface area contributed by atoms with Crippen molar-refractivity contribution in [3.8, 4) is 0 Å². The van der Waals surface area contributed by atoms with Gasteiger partial charge in [-0.2, -0.15) is 0 Å². The molecule has 0 aliphatic carbocycles. The quantitative estimate of drug-likeness (QED) is 0.643. The molecule has 80 valence electrons. The van der Waals surface area contributed by atoms with E-state index >= 15 is 0 Å². The number of benzene rings is 1. The summed E-state index contributed by atoms with van der Waals surface area (Å²) in [7, 11) is 0. The first-order valence-corrected chi connectivity index (χ1v) is 5.28. The molecule has 15 heavy (non-hydrogen) atoms. The highest BCUT2D eigenvalue weighted by Crippen LogP contribution is 2.13. The summed E-state index contributed by atoms with van der Waals surface area (Å²) in [6.45, 7) is -0.357. The van der Waals surface area contributed by atoms with E-state index in [0.717, 1.165) is 0 Å². The number of rotatable bonds is 4. The number of hydrogen-bond donors (Lipinski definition) is 2. The molecule has 0 radical (unpaired) electrons. The molecule has 1 aromatic carbocycles. The lowest BCUT2D eigenvalue weighted by molar-refractivity contribution is 0.0693. The van der Waals surface area contributed by atoms with E-state index < -0.39 is 5.97 Å². The van der Waals surface area contributed by atoms with Gasteiger partial charge in [-0.25, -0.2) is 4.79 Å². The molecule has 0 saturated carbocycles. The highest BCUT2D eigenvalue weighted by molar-refractivity contribution is 9.09. The fourth-order valence-corrected chi connectivity index (χ4v) is 1.49. The van der Waals surface area contributed by atoms with Crippen LogP contribution in [0, 0.1) is 0 Å². The first-order chi connectivity index (χ1) is 7.10. The molecule has 1 rings (SSSR count). The second-order valence-corrected chi connectivity index (χ2v) is 3.45. The zero-order valence-corrected chi connectivity index (χ0v) is 9.32. The minimum absolute atomic E-state index is 0.0377. The second-order valence-electron chi connectivity index (χ2n) is 2.89. The summed E-state index contributed by atoms with van der Waals surface area (Å²) in [6, 6.07) is 4.22. The van der Waals surface area contributed by atoms with E-state index in [1.165, 1.54) is 18.2 Å². The number of aliphatic hydroxyl groups excluding tert-OH is 1. The van der Waals surface area contributed by atoms with E-state index in [1.807, 2.05) is 0 Å². The average molecular weight is 273 g/mol. The summed E-state index contributed by atoms with van der Waals surface area (Å²) in [4.78, 5) is 22.1. The van der Waals surface area contributed by atoms with Crippen LogP contribution in [0.5, 0.6) is 0 Å². The average Bonchev–Trinajstić information content (AvgIpc) is 2.27. The van der Waals surface area contributed by atoms with E-state index in [0.29, 0.717) is 11.1 Å². The maximum Gasteiger partial charge on any atom is 0.336 e. The predicted molar refractivity (Wildman–Crippen MR) is 57.4 cm³/mol. The molecule has 2 N–H and O–H groups in total. The van der Waals surface area contributed by atoms with Gasteiger partial charge in [0.15, 0.2) is 5.78 Å². The molecule has 0 aliphatic rings. The minimum Gasteiger partial charge on any atom is -0.478 e. The maximum absolute atomic E-state index is 11.3. The summed E-state index contributed by atoms with van der Waals surface area (Å²) in [5, 5.41) is 17.9. The molecule has 0 unspecified atom stereocenters. The molecule has 4 nitrogen and oxygen atoms in total. The van der Waals surface area contributed by atoms with Crippen LogP contribution in [0.25, 0.3) is 0 Å². The summed E-state index contributed by atoms with van der Waals surface area (Å²) in [5.74, 6) is -1.34. The van der Waals surface area contributed by atoms with Crippen molar-refractivity contribution in [3.63, 3.8) is 0 Å². The number of carboxylic acids is 1. The Labute approximate surface area is 94.7 Å². The third-order valence-electron chi connectivity index (χ3n) is 1.95. The third kappa shape index (κ3) is 2.64. The van der Waals surface area contributed by atoms with Crippen LogP contribution in [-0.4, -0.2) is 27.3 Å². The lowest BCUT2D eigenvalue weighted by atomic mass is 10.0. The molecule has 0 saturated heterocycles. The first-order valence-electron chi connectivity index (χ1n) is 4.16. The normalized spacial score (nSPS) is 10.0. The Morgan fingerprint density at radius 3 is 2.47 bits per heavy atom. The van der Waals surface area contributed by atoms with Crippen LogP contribution in [0.4, 0.5) is 0 Å². The molecular formula is C10H9BrO4. The third-order valence-corrected chi connectivity index (χ3v) is 2.46. The van der Waals surface area contributed by atoms with Gasteiger partial charge in [0, 0.05) is 5.56 Å². The molecule has 5 heteroatoms. The number of hydrogen-bond acceptors (Lipinski definition) is 3. The number of halogens is 1. The highest BCUT2D eigenvalue weighted by Gasteiger charge is 2.12. The van der Waals surface area contributed by atoms with Gasteiger partial charge in [-0.3, -0.25) is 4.79 Å². The van der Waals surface area contributed by atoms with Gasteiger partial charge in [0.1, 0.15) is 0 Å². The Balaban J connectivity index is 3.22. The van der Waals surface area contributed by atoms with E-state index in [-0.39, 0.29) is 23.3 Å². The Morgan fingerprint density at radius 2 is 2.00 bits per heavy atom. The van der Waals surface area contributed by atoms with Crippen molar-refractivity contribution in [1.29, 1.82) is 0 Å². The zero-order valence-electron chi connectivity index (χ0n) is 7.74. The van der Waals surface area contributed by atoms with Crippen molar-refractivity contribution in [2.45, 2.75) is 6.61 Å². The van der Waals surface area contributed by atoms with Crippen LogP contribution in [0.2, 0.25) is 0 Å². The van der Waals surface area contributed by atoms with E-state index in [1.54, 1.807) is 0 Å². The van der Waals surface area contributed by atoms with Crippen molar-refractivity contribution in [2.24, 2.45) is 0 Å². The topological polar surface area (TPSA) is 74.6 Å². The van der Waals surface area contributed by atoms with E-state index in [2.05, 4.69) is 15.9 Å². The zero-order chi connectivity index (χ0) is 11.4. The summed E-state index contributed by atoms with van der Waals surface area (Å²) in [5.41, 5.74) is 0.583. The molecular weight excluding hydrogens is 264 g/mol. The number of alkyl halides is 1. The molecule has 0 spiro atoms. The molecule has 0 aromatic heterocycles. The number of Topliss-reactive ketones (excluding diaryl/α,β-unsaturated/α-hetero) is 1. The van der Waals surface area contributed by atoms with Crippen LogP contribution in [0.1, 0.15) is 26.3 Å². The summed E-state index contributed by atoms with van der Waals surface area (Å²) >= 11 is 3.00. The molecule has 0 amide bonds. The Hall–Kier alpha value is -1.20. The molecule has 0 aliphatic heterocycles. The monoisotopic (exact) mass is 272 g/mol. The van der Waals surface area contributed by atoms with Gasteiger partial charge in [-0.05, 0) is 11.6 Å². The van der Waals surface area contributed by atoms with Gasteiger partial charge in [0.25, 0.3) is 0 Å². The fraction of sp³-hybridized carbons (Fsp3) is 0.200. The van der Waals surface area contributed by atoms with Crippen LogP contribution in [0.15, 0.2) is 18.2 Å². The van der Waals surface area contributed by atoms with Crippen LogP contribution in [-0.2, 0) is 6.61 Å². The van der Waals surface area contributed by atoms with Gasteiger partial charge in [0.05, 0.1) is 17.5 Å². The van der Waals surface area contributed by atoms with Crippen molar-refractivity contribution < 1.29 is 19.8 Å². The lowest BCUT2D eigenvalue weighted by Gasteiger charge is -2.04. The summed E-state index contributed by atoms with van der Waals surface area (Å²) < 4.78 is 0. The standard InChI is InChI=1S/C10H9BrO4/c11-4-9(13)6-1-2-7(5-12)8(3-6)10(14)15/h1-3,12H,4-5H2,(H,14,15). The van der Waals surface area contributed by atoms with Crippen molar-refractivity contribution >= 4 is 27.7 Å². The van der Waals surface area contributed by atoms with E-state index in [9.17, 15) is 9.59 Å². The molecule has 0 bridgehead atoms. The number of aromatic carboxylic acids is 1.